The molecule has 1 rings (SSSR count). The van der Waals surface area contributed by atoms with Crippen LogP contribution in [-0.2, 0) is 6.54 Å². The van der Waals surface area contributed by atoms with E-state index in [1.54, 1.807) is 0 Å². The first-order valence-corrected chi connectivity index (χ1v) is 4.73. The maximum absolute atomic E-state index is 4.06. The SMILES string of the molecule is CC(C)NCc1cn(C(C)C)nn1. The van der Waals surface area contributed by atoms with E-state index in [-0.39, 0.29) is 0 Å². The lowest BCUT2D eigenvalue weighted by molar-refractivity contribution is 0.514. The van der Waals surface area contributed by atoms with Gasteiger partial charge in [0.1, 0.15) is 0 Å². The van der Waals surface area contributed by atoms with Crippen molar-refractivity contribution in [3.8, 4) is 0 Å². The summed E-state index contributed by atoms with van der Waals surface area (Å²) in [6.45, 7) is 9.22. The van der Waals surface area contributed by atoms with E-state index in [1.807, 2.05) is 10.9 Å². The Morgan fingerprint density at radius 3 is 2.54 bits per heavy atom. The molecule has 13 heavy (non-hydrogen) atoms. The van der Waals surface area contributed by atoms with E-state index in [9.17, 15) is 0 Å². The molecule has 1 N–H and O–H groups in total. The lowest BCUT2D eigenvalue weighted by atomic mass is 10.3. The van der Waals surface area contributed by atoms with Gasteiger partial charge in [-0.25, -0.2) is 4.68 Å². The van der Waals surface area contributed by atoms with Crippen molar-refractivity contribution in [1.29, 1.82) is 0 Å². The molecule has 0 atom stereocenters. The Kier molecular flexibility index (Phi) is 3.42. The summed E-state index contributed by atoms with van der Waals surface area (Å²) >= 11 is 0. The van der Waals surface area contributed by atoms with Crippen molar-refractivity contribution in [2.24, 2.45) is 0 Å². The zero-order valence-corrected chi connectivity index (χ0v) is 8.78. The largest absolute Gasteiger partial charge is 0.309 e. The average Bonchev–Trinajstić information content (AvgIpc) is 2.48. The van der Waals surface area contributed by atoms with Crippen LogP contribution in [-0.4, -0.2) is 21.0 Å². The van der Waals surface area contributed by atoms with Gasteiger partial charge in [0.25, 0.3) is 0 Å². The Bertz CT molecular complexity index is 252. The molecule has 0 aliphatic heterocycles. The van der Waals surface area contributed by atoms with Crippen LogP contribution in [0.15, 0.2) is 6.20 Å². The molecule has 0 radical (unpaired) electrons. The van der Waals surface area contributed by atoms with Gasteiger partial charge >= 0.3 is 0 Å². The van der Waals surface area contributed by atoms with Crippen molar-refractivity contribution in [2.75, 3.05) is 0 Å². The van der Waals surface area contributed by atoms with Crippen molar-refractivity contribution in [3.63, 3.8) is 0 Å². The van der Waals surface area contributed by atoms with Crippen LogP contribution >= 0.6 is 0 Å². The Hall–Kier alpha value is -0.900. The van der Waals surface area contributed by atoms with Gasteiger partial charge in [-0.15, -0.1) is 5.10 Å². The molecule has 1 heterocycles. The molecule has 1 aromatic rings. The first kappa shape index (κ1) is 10.2. The molecule has 4 heteroatoms. The topological polar surface area (TPSA) is 42.7 Å². The summed E-state index contributed by atoms with van der Waals surface area (Å²) < 4.78 is 1.87. The predicted molar refractivity (Wildman–Crippen MR) is 52.4 cm³/mol. The van der Waals surface area contributed by atoms with Gasteiger partial charge in [-0.05, 0) is 13.8 Å². The van der Waals surface area contributed by atoms with Crippen molar-refractivity contribution >= 4 is 0 Å². The van der Waals surface area contributed by atoms with Crippen LogP contribution in [0.2, 0.25) is 0 Å². The van der Waals surface area contributed by atoms with Crippen LogP contribution in [0.1, 0.15) is 39.4 Å². The summed E-state index contributed by atoms with van der Waals surface area (Å²) in [7, 11) is 0. The molecular formula is C9H18N4. The van der Waals surface area contributed by atoms with Gasteiger partial charge in [0.2, 0.25) is 0 Å². The van der Waals surface area contributed by atoms with Gasteiger partial charge in [0.15, 0.2) is 0 Å². The zero-order chi connectivity index (χ0) is 9.84. The molecule has 1 aromatic heterocycles. The van der Waals surface area contributed by atoms with Crippen LogP contribution in [0.4, 0.5) is 0 Å². The molecule has 0 unspecified atom stereocenters. The van der Waals surface area contributed by atoms with Gasteiger partial charge in [0, 0.05) is 18.6 Å². The summed E-state index contributed by atoms with van der Waals surface area (Å²) in [6.07, 6.45) is 1.99. The Morgan fingerprint density at radius 1 is 1.38 bits per heavy atom. The lowest BCUT2D eigenvalue weighted by Gasteiger charge is -2.04. The van der Waals surface area contributed by atoms with Gasteiger partial charge in [-0.1, -0.05) is 19.1 Å². The standard InChI is InChI=1S/C9H18N4/c1-7(2)10-5-9-6-13(8(3)4)12-11-9/h6-8,10H,5H2,1-4H3. The van der Waals surface area contributed by atoms with E-state index in [0.29, 0.717) is 12.1 Å². The van der Waals surface area contributed by atoms with Gasteiger partial charge in [-0.3, -0.25) is 0 Å². The molecular weight excluding hydrogens is 164 g/mol. The molecule has 0 aliphatic carbocycles. The van der Waals surface area contributed by atoms with Crippen LogP contribution in [0.3, 0.4) is 0 Å². The highest BCUT2D eigenvalue weighted by Gasteiger charge is 2.03. The number of nitrogens with zero attached hydrogens (tertiary/aromatic N) is 3. The molecule has 0 bridgehead atoms. The minimum Gasteiger partial charge on any atom is -0.309 e. The third-order valence-corrected chi connectivity index (χ3v) is 1.78. The highest BCUT2D eigenvalue weighted by Crippen LogP contribution is 2.02. The zero-order valence-electron chi connectivity index (χ0n) is 8.78. The lowest BCUT2D eigenvalue weighted by Crippen LogP contribution is -2.21. The summed E-state index contributed by atoms with van der Waals surface area (Å²) in [5.74, 6) is 0. The van der Waals surface area contributed by atoms with E-state index in [2.05, 4.69) is 43.3 Å². The van der Waals surface area contributed by atoms with Gasteiger partial charge in [0.05, 0.1) is 11.9 Å². The molecule has 0 amide bonds. The van der Waals surface area contributed by atoms with Crippen LogP contribution in [0.25, 0.3) is 0 Å². The number of hydrogen-bond acceptors (Lipinski definition) is 3. The first-order valence-electron chi connectivity index (χ1n) is 4.73. The van der Waals surface area contributed by atoms with Crippen molar-refractivity contribution < 1.29 is 0 Å². The average molecular weight is 182 g/mol. The smallest absolute Gasteiger partial charge is 0.0965 e. The van der Waals surface area contributed by atoms with Gasteiger partial charge < -0.3 is 5.32 Å². The van der Waals surface area contributed by atoms with Crippen LogP contribution in [0.5, 0.6) is 0 Å². The second-order valence-corrected chi connectivity index (χ2v) is 3.82. The van der Waals surface area contributed by atoms with Crippen LogP contribution in [0, 0.1) is 0 Å². The third kappa shape index (κ3) is 3.14. The van der Waals surface area contributed by atoms with E-state index < -0.39 is 0 Å². The summed E-state index contributed by atoms with van der Waals surface area (Å²) in [4.78, 5) is 0. The van der Waals surface area contributed by atoms with Crippen molar-refractivity contribution in [1.82, 2.24) is 20.3 Å². The Morgan fingerprint density at radius 2 is 2.08 bits per heavy atom. The molecule has 74 valence electrons. The first-order chi connectivity index (χ1) is 6.09. The van der Waals surface area contributed by atoms with E-state index >= 15 is 0 Å². The van der Waals surface area contributed by atoms with Crippen molar-refractivity contribution in [2.45, 2.75) is 46.3 Å². The number of nitrogens with one attached hydrogen (secondary N) is 1. The minimum atomic E-state index is 0.389. The monoisotopic (exact) mass is 182 g/mol. The Balaban J connectivity index is 2.49. The molecule has 0 spiro atoms. The second-order valence-electron chi connectivity index (χ2n) is 3.82. The van der Waals surface area contributed by atoms with Gasteiger partial charge in [-0.2, -0.15) is 0 Å². The summed E-state index contributed by atoms with van der Waals surface area (Å²) in [5, 5.41) is 11.4. The normalized spacial score (nSPS) is 11.5. The highest BCUT2D eigenvalue weighted by atomic mass is 15.4. The molecule has 0 saturated carbocycles. The molecule has 4 nitrogen and oxygen atoms in total. The Labute approximate surface area is 79.3 Å². The highest BCUT2D eigenvalue weighted by molar-refractivity contribution is 4.92. The second kappa shape index (κ2) is 4.37. The van der Waals surface area contributed by atoms with E-state index in [1.165, 1.54) is 0 Å². The number of rotatable bonds is 4. The summed E-state index contributed by atoms with van der Waals surface area (Å²) in [5.41, 5.74) is 1.00. The fraction of sp³-hybridized carbons (Fsp3) is 0.778. The quantitative estimate of drug-likeness (QED) is 0.764. The number of aromatic nitrogens is 3. The third-order valence-electron chi connectivity index (χ3n) is 1.78. The molecule has 0 fully saturated rings. The maximum atomic E-state index is 4.06. The van der Waals surface area contributed by atoms with Crippen molar-refractivity contribution in [3.05, 3.63) is 11.9 Å². The fourth-order valence-corrected chi connectivity index (χ4v) is 0.955. The summed E-state index contributed by atoms with van der Waals surface area (Å²) in [6, 6.07) is 0.879. The fourth-order valence-electron chi connectivity index (χ4n) is 0.955. The van der Waals surface area contributed by atoms with Crippen LogP contribution < -0.4 is 5.32 Å². The predicted octanol–water partition coefficient (Wildman–Crippen LogP) is 1.36. The molecule has 0 aromatic carbocycles. The van der Waals surface area contributed by atoms with E-state index in [4.69, 9.17) is 0 Å². The number of hydrogen-bond donors (Lipinski definition) is 1. The molecule has 0 aliphatic rings. The minimum absolute atomic E-state index is 0.389. The maximum Gasteiger partial charge on any atom is 0.0965 e. The molecule has 0 saturated heterocycles. The van der Waals surface area contributed by atoms with E-state index in [0.717, 1.165) is 12.2 Å².